The van der Waals surface area contributed by atoms with Crippen LogP contribution in [0.4, 0.5) is 23.2 Å². The summed E-state index contributed by atoms with van der Waals surface area (Å²) in [4.78, 5) is 27.0. The topological polar surface area (TPSA) is 86.8 Å². The van der Waals surface area contributed by atoms with Gasteiger partial charge in [-0.15, -0.1) is 0 Å². The number of benzene rings is 2. The molecular weight excluding hydrogens is 514 g/mol. The first-order valence-electron chi connectivity index (χ1n) is 11.6. The SMILES string of the molecule is CC(C)NC(=O)[C@@H](C)N(Cc1ccccc1F)C(=O)CCCN(c1cccc(C(F)(F)F)c1)S(C)(=O)=O. The van der Waals surface area contributed by atoms with Gasteiger partial charge in [0.05, 0.1) is 17.5 Å². The summed E-state index contributed by atoms with van der Waals surface area (Å²) < 4.78 is 79.1. The molecule has 1 atom stereocenters. The molecule has 2 rings (SSSR count). The van der Waals surface area contributed by atoms with E-state index in [9.17, 15) is 35.6 Å². The number of amides is 2. The minimum atomic E-state index is -4.66. The van der Waals surface area contributed by atoms with Gasteiger partial charge in [0, 0.05) is 31.1 Å². The molecule has 2 aromatic carbocycles. The Hall–Kier alpha value is -3.15. The fourth-order valence-corrected chi connectivity index (χ4v) is 4.60. The zero-order valence-corrected chi connectivity index (χ0v) is 21.9. The van der Waals surface area contributed by atoms with Crippen LogP contribution in [0.15, 0.2) is 48.5 Å². The Kier molecular flexibility index (Phi) is 10.1. The summed E-state index contributed by atoms with van der Waals surface area (Å²) in [6, 6.07) is 8.56. The Balaban J connectivity index is 2.23. The molecule has 0 radical (unpaired) electrons. The van der Waals surface area contributed by atoms with E-state index in [1.807, 2.05) is 0 Å². The molecule has 0 aromatic heterocycles. The first-order valence-corrected chi connectivity index (χ1v) is 13.4. The standard InChI is InChI=1S/C25H31F4N3O4S/c1-17(2)30-24(34)18(3)31(16-19-9-5-6-12-22(19)26)23(33)13-8-14-32(37(4,35)36)21-11-7-10-20(15-21)25(27,28)29/h5-7,9-12,15,17-18H,8,13-14,16H2,1-4H3,(H,30,34)/t18-/m1/s1. The number of carbonyl (C=O) groups is 2. The van der Waals surface area contributed by atoms with Crippen molar-refractivity contribution in [2.24, 2.45) is 0 Å². The van der Waals surface area contributed by atoms with Gasteiger partial charge < -0.3 is 10.2 Å². The highest BCUT2D eigenvalue weighted by Crippen LogP contribution is 2.32. The van der Waals surface area contributed by atoms with Crippen LogP contribution in [-0.2, 0) is 32.3 Å². The molecule has 2 amide bonds. The van der Waals surface area contributed by atoms with Crippen LogP contribution in [0.1, 0.15) is 44.7 Å². The Morgan fingerprint density at radius 2 is 1.68 bits per heavy atom. The van der Waals surface area contributed by atoms with E-state index >= 15 is 0 Å². The molecule has 7 nitrogen and oxygen atoms in total. The Labute approximate surface area is 214 Å². The number of nitrogens with zero attached hydrogens (tertiary/aromatic N) is 2. The summed E-state index contributed by atoms with van der Waals surface area (Å²) in [5.74, 6) is -1.53. The van der Waals surface area contributed by atoms with E-state index in [1.165, 1.54) is 36.1 Å². The van der Waals surface area contributed by atoms with Crippen molar-refractivity contribution in [3.05, 3.63) is 65.5 Å². The van der Waals surface area contributed by atoms with Crippen LogP contribution in [0.5, 0.6) is 0 Å². The number of hydrogen-bond acceptors (Lipinski definition) is 4. The number of carbonyl (C=O) groups excluding carboxylic acids is 2. The molecule has 0 bridgehead atoms. The lowest BCUT2D eigenvalue weighted by Gasteiger charge is -2.30. The van der Waals surface area contributed by atoms with Gasteiger partial charge in [0.2, 0.25) is 21.8 Å². The molecule has 0 heterocycles. The second kappa shape index (κ2) is 12.4. The average Bonchev–Trinajstić information content (AvgIpc) is 2.79. The molecule has 0 aliphatic carbocycles. The molecule has 0 unspecified atom stereocenters. The van der Waals surface area contributed by atoms with Gasteiger partial charge in [-0.25, -0.2) is 12.8 Å². The van der Waals surface area contributed by atoms with E-state index in [2.05, 4.69) is 5.32 Å². The summed E-state index contributed by atoms with van der Waals surface area (Å²) in [6.07, 6.45) is -4.07. The van der Waals surface area contributed by atoms with Gasteiger partial charge in [0.25, 0.3) is 0 Å². The first-order chi connectivity index (χ1) is 17.1. The Bertz CT molecular complexity index is 1200. The van der Waals surface area contributed by atoms with Crippen LogP contribution in [-0.4, -0.2) is 50.0 Å². The van der Waals surface area contributed by atoms with Gasteiger partial charge in [0.1, 0.15) is 11.9 Å². The van der Waals surface area contributed by atoms with E-state index in [0.717, 1.165) is 28.8 Å². The van der Waals surface area contributed by atoms with Gasteiger partial charge >= 0.3 is 6.18 Å². The largest absolute Gasteiger partial charge is 0.416 e. The maximum Gasteiger partial charge on any atom is 0.416 e. The lowest BCUT2D eigenvalue weighted by atomic mass is 10.1. The van der Waals surface area contributed by atoms with Crippen molar-refractivity contribution < 1.29 is 35.6 Å². The van der Waals surface area contributed by atoms with Crippen molar-refractivity contribution in [1.29, 1.82) is 0 Å². The summed E-state index contributed by atoms with van der Waals surface area (Å²) in [7, 11) is -3.97. The van der Waals surface area contributed by atoms with Crippen LogP contribution in [0.3, 0.4) is 0 Å². The number of hydrogen-bond donors (Lipinski definition) is 1. The van der Waals surface area contributed by atoms with Crippen molar-refractivity contribution in [2.75, 3.05) is 17.1 Å². The fourth-order valence-electron chi connectivity index (χ4n) is 3.64. The summed E-state index contributed by atoms with van der Waals surface area (Å²) in [6.45, 7) is 4.54. The number of rotatable bonds is 11. The van der Waals surface area contributed by atoms with Crippen LogP contribution >= 0.6 is 0 Å². The van der Waals surface area contributed by atoms with Crippen molar-refractivity contribution in [3.8, 4) is 0 Å². The molecule has 2 aromatic rings. The Morgan fingerprint density at radius 1 is 1.03 bits per heavy atom. The maximum atomic E-state index is 14.3. The molecule has 0 fully saturated rings. The number of nitrogens with one attached hydrogen (secondary N) is 1. The number of halogens is 4. The molecule has 0 aliphatic rings. The monoisotopic (exact) mass is 545 g/mol. The van der Waals surface area contributed by atoms with Crippen LogP contribution in [0.2, 0.25) is 0 Å². The zero-order chi connectivity index (χ0) is 28.0. The third-order valence-electron chi connectivity index (χ3n) is 5.51. The van der Waals surface area contributed by atoms with Gasteiger partial charge in [-0.1, -0.05) is 24.3 Å². The lowest BCUT2D eigenvalue weighted by Crippen LogP contribution is -2.49. The molecule has 37 heavy (non-hydrogen) atoms. The third kappa shape index (κ3) is 8.73. The molecule has 204 valence electrons. The summed E-state index contributed by atoms with van der Waals surface area (Å²) in [5, 5.41) is 2.71. The molecule has 0 saturated heterocycles. The number of anilines is 1. The van der Waals surface area contributed by atoms with Gasteiger partial charge in [-0.3, -0.25) is 13.9 Å². The third-order valence-corrected chi connectivity index (χ3v) is 6.70. The van der Waals surface area contributed by atoms with Gasteiger partial charge in [-0.2, -0.15) is 13.2 Å². The molecular formula is C25H31F4N3O4S. The number of alkyl halides is 3. The molecule has 0 aliphatic heterocycles. The van der Waals surface area contributed by atoms with Crippen LogP contribution in [0.25, 0.3) is 0 Å². The van der Waals surface area contributed by atoms with Crippen molar-refractivity contribution in [1.82, 2.24) is 10.2 Å². The predicted octanol–water partition coefficient (Wildman–Crippen LogP) is 4.33. The van der Waals surface area contributed by atoms with Crippen LogP contribution in [0, 0.1) is 5.82 Å². The van der Waals surface area contributed by atoms with E-state index in [1.54, 1.807) is 19.9 Å². The molecule has 1 N–H and O–H groups in total. The molecule has 0 spiro atoms. The molecule has 12 heteroatoms. The smallest absolute Gasteiger partial charge is 0.352 e. The highest BCUT2D eigenvalue weighted by Gasteiger charge is 2.32. The summed E-state index contributed by atoms with van der Waals surface area (Å²) in [5.41, 5.74) is -0.991. The fraction of sp³-hybridized carbons (Fsp3) is 0.440. The molecule has 0 saturated carbocycles. The van der Waals surface area contributed by atoms with Crippen molar-refractivity contribution >= 4 is 27.5 Å². The first kappa shape index (κ1) is 30.1. The van der Waals surface area contributed by atoms with E-state index in [4.69, 9.17) is 0 Å². The second-order valence-electron chi connectivity index (χ2n) is 8.94. The van der Waals surface area contributed by atoms with Gasteiger partial charge in [0.15, 0.2) is 0 Å². The highest BCUT2D eigenvalue weighted by molar-refractivity contribution is 7.92. The minimum Gasteiger partial charge on any atom is -0.352 e. The van der Waals surface area contributed by atoms with E-state index in [0.29, 0.717) is 0 Å². The normalized spacial score (nSPS) is 12.8. The average molecular weight is 546 g/mol. The van der Waals surface area contributed by atoms with Crippen molar-refractivity contribution in [2.45, 2.75) is 58.4 Å². The zero-order valence-electron chi connectivity index (χ0n) is 21.0. The Morgan fingerprint density at radius 3 is 2.24 bits per heavy atom. The predicted molar refractivity (Wildman–Crippen MR) is 133 cm³/mol. The highest BCUT2D eigenvalue weighted by atomic mass is 32.2. The maximum absolute atomic E-state index is 14.3. The number of sulfonamides is 1. The van der Waals surface area contributed by atoms with Crippen molar-refractivity contribution in [3.63, 3.8) is 0 Å². The lowest BCUT2D eigenvalue weighted by molar-refractivity contribution is -0.140. The second-order valence-corrected chi connectivity index (χ2v) is 10.8. The summed E-state index contributed by atoms with van der Waals surface area (Å²) >= 11 is 0. The van der Waals surface area contributed by atoms with Crippen LogP contribution < -0.4 is 9.62 Å². The van der Waals surface area contributed by atoms with Gasteiger partial charge in [-0.05, 0) is 51.5 Å². The van der Waals surface area contributed by atoms with E-state index in [-0.39, 0.29) is 43.2 Å². The van der Waals surface area contributed by atoms with E-state index < -0.39 is 45.4 Å². The minimum absolute atomic E-state index is 0.0472. The quantitative estimate of drug-likeness (QED) is 0.426.